The molecule has 9 heteroatoms. The van der Waals surface area contributed by atoms with Crippen LogP contribution >= 0.6 is 0 Å². The van der Waals surface area contributed by atoms with E-state index in [1.807, 2.05) is 4.90 Å². The molecule has 1 fully saturated rings. The largest absolute Gasteiger partial charge is 0.372 e. The minimum absolute atomic E-state index is 0.149. The van der Waals surface area contributed by atoms with E-state index in [-0.39, 0.29) is 12.2 Å². The Bertz CT molecular complexity index is 662. The van der Waals surface area contributed by atoms with Gasteiger partial charge in [-0.15, -0.1) is 5.10 Å². The van der Waals surface area contributed by atoms with Gasteiger partial charge in [0.05, 0.1) is 6.54 Å². The minimum atomic E-state index is -0.895. The lowest BCUT2D eigenvalue weighted by Gasteiger charge is -2.20. The van der Waals surface area contributed by atoms with Crippen LogP contribution in [0.3, 0.4) is 0 Å². The fraction of sp³-hybridized carbons (Fsp3) is 0.636. The minimum Gasteiger partial charge on any atom is -0.372 e. The highest BCUT2D eigenvalue weighted by Crippen LogP contribution is 2.22. The number of fused-ring (bicyclic) bond motifs is 1. The number of hydrogen-bond acceptors (Lipinski definition) is 6. The van der Waals surface area contributed by atoms with Crippen molar-refractivity contribution in [2.45, 2.75) is 25.6 Å². The maximum absolute atomic E-state index is 12.3. The molecule has 0 radical (unpaired) electrons. The molecule has 20 heavy (non-hydrogen) atoms. The molecule has 0 spiro atoms. The van der Waals surface area contributed by atoms with E-state index in [4.69, 9.17) is 0 Å². The van der Waals surface area contributed by atoms with E-state index in [1.165, 1.54) is 10.7 Å². The maximum atomic E-state index is 12.3. The summed E-state index contributed by atoms with van der Waals surface area (Å²) in [6.45, 7) is 0.723. The van der Waals surface area contributed by atoms with Gasteiger partial charge in [0.2, 0.25) is 0 Å². The second kappa shape index (κ2) is 5.25. The molecule has 1 aliphatic rings. The number of aromatic nitrogens is 5. The summed E-state index contributed by atoms with van der Waals surface area (Å²) in [4.78, 5) is 17.9. The molecule has 3 heterocycles. The number of rotatable bonds is 4. The summed E-state index contributed by atoms with van der Waals surface area (Å²) in [6, 6.07) is 0. The second-order valence-electron chi connectivity index (χ2n) is 4.72. The van der Waals surface area contributed by atoms with Crippen LogP contribution in [0.15, 0.2) is 11.1 Å². The van der Waals surface area contributed by atoms with Gasteiger partial charge in [0, 0.05) is 13.1 Å². The molecular weight excluding hydrogens is 267 g/mol. The average Bonchev–Trinajstić information content (AvgIpc) is 3.10. The number of aliphatic hydroxyl groups excluding tert-OH is 1. The first-order valence-electron chi connectivity index (χ1n) is 6.51. The fourth-order valence-corrected chi connectivity index (χ4v) is 2.42. The standard InChI is InChI=1S/C11H15FN6O2/c12-3-6-18-11(20)17-7-13-8(9(17)14-15-18)10(19)16-4-1-2-5-16/h7,10,19H,1-6H2. The third kappa shape index (κ3) is 2.08. The van der Waals surface area contributed by atoms with Crippen molar-refractivity contribution in [3.63, 3.8) is 0 Å². The van der Waals surface area contributed by atoms with Crippen molar-refractivity contribution in [3.8, 4) is 0 Å². The Hall–Kier alpha value is -1.87. The summed E-state index contributed by atoms with van der Waals surface area (Å²) >= 11 is 0. The monoisotopic (exact) mass is 282 g/mol. The van der Waals surface area contributed by atoms with E-state index in [2.05, 4.69) is 15.3 Å². The molecule has 1 unspecified atom stereocenters. The van der Waals surface area contributed by atoms with Gasteiger partial charge in [0.15, 0.2) is 11.9 Å². The Balaban J connectivity index is 2.01. The number of alkyl halides is 1. The number of halogens is 1. The van der Waals surface area contributed by atoms with Crippen molar-refractivity contribution in [2.75, 3.05) is 19.8 Å². The van der Waals surface area contributed by atoms with E-state index in [9.17, 15) is 14.3 Å². The Morgan fingerprint density at radius 2 is 2.15 bits per heavy atom. The van der Waals surface area contributed by atoms with Crippen LogP contribution in [0.2, 0.25) is 0 Å². The summed E-state index contributed by atoms with van der Waals surface area (Å²) in [5, 5.41) is 17.8. The molecular formula is C11H15FN6O2. The van der Waals surface area contributed by atoms with Gasteiger partial charge < -0.3 is 5.11 Å². The van der Waals surface area contributed by atoms with Crippen LogP contribution in [-0.4, -0.2) is 54.1 Å². The predicted molar refractivity (Wildman–Crippen MR) is 66.8 cm³/mol. The van der Waals surface area contributed by atoms with Crippen molar-refractivity contribution in [2.24, 2.45) is 0 Å². The smallest absolute Gasteiger partial charge is 0.353 e. The molecule has 0 aliphatic carbocycles. The third-order valence-corrected chi connectivity index (χ3v) is 3.47. The van der Waals surface area contributed by atoms with Gasteiger partial charge in [-0.05, 0) is 12.8 Å². The number of aryl methyl sites for hydroxylation is 1. The Morgan fingerprint density at radius 3 is 2.85 bits per heavy atom. The quantitative estimate of drug-likeness (QED) is 0.801. The van der Waals surface area contributed by atoms with Crippen LogP contribution in [0.1, 0.15) is 24.8 Å². The first-order valence-corrected chi connectivity index (χ1v) is 6.51. The summed E-state index contributed by atoms with van der Waals surface area (Å²) < 4.78 is 14.4. The first-order chi connectivity index (χ1) is 9.72. The number of aliphatic hydroxyl groups is 1. The fourth-order valence-electron chi connectivity index (χ4n) is 2.42. The molecule has 0 aromatic carbocycles. The predicted octanol–water partition coefficient (Wildman–Crippen LogP) is -0.658. The molecule has 1 aliphatic heterocycles. The summed E-state index contributed by atoms with van der Waals surface area (Å²) in [5.41, 5.74) is 0.00780. The molecule has 108 valence electrons. The Kier molecular flexibility index (Phi) is 3.45. The van der Waals surface area contributed by atoms with Crippen LogP contribution in [0.25, 0.3) is 5.65 Å². The summed E-state index contributed by atoms with van der Waals surface area (Å²) in [5.74, 6) is 0. The molecule has 1 saturated heterocycles. The molecule has 1 atom stereocenters. The van der Waals surface area contributed by atoms with Crippen LogP contribution in [0.5, 0.6) is 0 Å². The van der Waals surface area contributed by atoms with Crippen LogP contribution < -0.4 is 5.69 Å². The highest BCUT2D eigenvalue weighted by Gasteiger charge is 2.26. The van der Waals surface area contributed by atoms with Crippen molar-refractivity contribution < 1.29 is 9.50 Å². The topological polar surface area (TPSA) is 88.5 Å². The molecule has 0 bridgehead atoms. The lowest BCUT2D eigenvalue weighted by atomic mass is 10.3. The average molecular weight is 282 g/mol. The van der Waals surface area contributed by atoms with E-state index < -0.39 is 18.6 Å². The highest BCUT2D eigenvalue weighted by atomic mass is 19.1. The lowest BCUT2D eigenvalue weighted by Crippen LogP contribution is -2.31. The summed E-state index contributed by atoms with van der Waals surface area (Å²) in [6.07, 6.45) is 2.44. The van der Waals surface area contributed by atoms with Crippen molar-refractivity contribution in [1.29, 1.82) is 0 Å². The van der Waals surface area contributed by atoms with Gasteiger partial charge in [-0.3, -0.25) is 4.90 Å². The molecule has 0 amide bonds. The molecule has 2 aromatic rings. The van der Waals surface area contributed by atoms with Gasteiger partial charge >= 0.3 is 5.69 Å². The van der Waals surface area contributed by atoms with Gasteiger partial charge in [0.1, 0.15) is 18.7 Å². The van der Waals surface area contributed by atoms with E-state index in [0.29, 0.717) is 5.69 Å². The number of likely N-dealkylation sites (tertiary alicyclic amines) is 1. The zero-order valence-electron chi connectivity index (χ0n) is 10.8. The highest BCUT2D eigenvalue weighted by molar-refractivity contribution is 5.43. The van der Waals surface area contributed by atoms with Crippen molar-refractivity contribution in [1.82, 2.24) is 29.3 Å². The lowest BCUT2D eigenvalue weighted by molar-refractivity contribution is 0.0168. The zero-order valence-corrected chi connectivity index (χ0v) is 10.8. The van der Waals surface area contributed by atoms with Crippen LogP contribution in [0, 0.1) is 0 Å². The van der Waals surface area contributed by atoms with Crippen LogP contribution in [-0.2, 0) is 6.54 Å². The van der Waals surface area contributed by atoms with E-state index in [1.54, 1.807) is 0 Å². The van der Waals surface area contributed by atoms with E-state index >= 15 is 0 Å². The number of imidazole rings is 1. The van der Waals surface area contributed by atoms with Crippen molar-refractivity contribution >= 4 is 5.65 Å². The van der Waals surface area contributed by atoms with Gasteiger partial charge in [-0.1, -0.05) is 5.21 Å². The Labute approximate surface area is 113 Å². The number of hydrogen-bond donors (Lipinski definition) is 1. The maximum Gasteiger partial charge on any atom is 0.353 e. The zero-order chi connectivity index (χ0) is 14.1. The normalized spacial score (nSPS) is 17.9. The van der Waals surface area contributed by atoms with Crippen molar-refractivity contribution in [3.05, 3.63) is 22.5 Å². The Morgan fingerprint density at radius 1 is 1.40 bits per heavy atom. The van der Waals surface area contributed by atoms with Gasteiger partial charge in [0.25, 0.3) is 0 Å². The molecule has 3 rings (SSSR count). The molecule has 2 aromatic heterocycles. The number of nitrogens with zero attached hydrogens (tertiary/aromatic N) is 6. The molecule has 8 nitrogen and oxygen atoms in total. The van der Waals surface area contributed by atoms with Gasteiger partial charge in [-0.2, -0.15) is 4.68 Å². The van der Waals surface area contributed by atoms with Crippen LogP contribution in [0.4, 0.5) is 4.39 Å². The molecule has 0 saturated carbocycles. The molecule has 1 N–H and O–H groups in total. The van der Waals surface area contributed by atoms with Gasteiger partial charge in [-0.25, -0.2) is 18.6 Å². The van der Waals surface area contributed by atoms with E-state index in [0.717, 1.165) is 30.6 Å². The first kappa shape index (κ1) is 13.1. The second-order valence-corrected chi connectivity index (χ2v) is 4.72. The summed E-state index contributed by atoms with van der Waals surface area (Å²) in [7, 11) is 0. The SMILES string of the molecule is O=c1n(CCF)nnc2c(C(O)N3CCCC3)ncn12. The third-order valence-electron chi connectivity index (χ3n) is 3.47.